The molecule has 1 aliphatic rings. The summed E-state index contributed by atoms with van der Waals surface area (Å²) in [5, 5.41) is 7.87. The molecule has 2 heteroatoms. The van der Waals surface area contributed by atoms with Crippen LogP contribution in [0.2, 0.25) is 0 Å². The molecule has 0 saturated carbocycles. The second-order valence-corrected chi connectivity index (χ2v) is 12.9. The lowest BCUT2D eigenvalue weighted by atomic mass is 9.93. The molecule has 2 heterocycles. The maximum absolute atomic E-state index is 2.45. The highest BCUT2D eigenvalue weighted by Crippen LogP contribution is 2.49. The van der Waals surface area contributed by atoms with Crippen LogP contribution in [0.3, 0.4) is 0 Å². The molecule has 10 aromatic rings. The molecular weight excluding hydrogens is 581 g/mol. The van der Waals surface area contributed by atoms with Crippen LogP contribution >= 0.6 is 0 Å². The lowest BCUT2D eigenvalue weighted by Gasteiger charge is -2.14. The van der Waals surface area contributed by atoms with Crippen LogP contribution in [-0.2, 0) is 0 Å². The van der Waals surface area contributed by atoms with Crippen LogP contribution in [-0.4, -0.2) is 9.13 Å². The minimum Gasteiger partial charge on any atom is -0.309 e. The first kappa shape index (κ1) is 25.8. The van der Waals surface area contributed by atoms with Crippen molar-refractivity contribution in [1.29, 1.82) is 0 Å². The van der Waals surface area contributed by atoms with E-state index in [1.54, 1.807) is 0 Å². The Bertz CT molecular complexity index is 2870. The van der Waals surface area contributed by atoms with E-state index in [0.29, 0.717) is 0 Å². The molecule has 48 heavy (non-hydrogen) atoms. The smallest absolute Gasteiger partial charge is 0.0547 e. The van der Waals surface area contributed by atoms with Gasteiger partial charge in [0.2, 0.25) is 0 Å². The summed E-state index contributed by atoms with van der Waals surface area (Å²) in [6.07, 6.45) is 0. The number of hydrogen-bond donors (Lipinski definition) is 0. The van der Waals surface area contributed by atoms with Crippen LogP contribution in [0.1, 0.15) is 0 Å². The van der Waals surface area contributed by atoms with E-state index < -0.39 is 0 Å². The van der Waals surface area contributed by atoms with Crippen molar-refractivity contribution in [2.24, 2.45) is 0 Å². The van der Waals surface area contributed by atoms with Gasteiger partial charge in [-0.1, -0.05) is 121 Å². The van der Waals surface area contributed by atoms with E-state index in [-0.39, 0.29) is 0 Å². The molecule has 0 spiro atoms. The van der Waals surface area contributed by atoms with Crippen LogP contribution < -0.4 is 0 Å². The van der Waals surface area contributed by atoms with Gasteiger partial charge in [-0.05, 0) is 92.7 Å². The summed E-state index contributed by atoms with van der Waals surface area (Å²) < 4.78 is 4.82. The van der Waals surface area contributed by atoms with Crippen molar-refractivity contribution in [3.05, 3.63) is 170 Å². The zero-order valence-electron chi connectivity index (χ0n) is 26.1. The lowest BCUT2D eigenvalue weighted by Crippen LogP contribution is -1.95. The zero-order chi connectivity index (χ0) is 31.3. The molecule has 0 saturated heterocycles. The van der Waals surface area contributed by atoms with Gasteiger partial charge in [-0.3, -0.25) is 0 Å². The zero-order valence-corrected chi connectivity index (χ0v) is 26.1. The standard InChI is InChI=1S/C46H28N2/c1-2-11-35-34(10-1)38-14-7-9-31-23-28-43-46(44(31)38)45-39(35)15-8-18-42(45)48(43)33-26-21-30(22-27-33)29-19-24-32(25-20-29)47-40-16-5-3-12-36(40)37-13-4-6-17-41(37)47/h1-28H. The monoisotopic (exact) mass is 608 g/mol. The maximum Gasteiger partial charge on any atom is 0.0547 e. The van der Waals surface area contributed by atoms with Crippen molar-refractivity contribution >= 4 is 54.4 Å². The second-order valence-electron chi connectivity index (χ2n) is 12.9. The number of rotatable bonds is 3. The summed E-state index contributed by atoms with van der Waals surface area (Å²) >= 11 is 0. The molecule has 0 atom stereocenters. The maximum atomic E-state index is 2.45. The molecule has 0 bridgehead atoms. The van der Waals surface area contributed by atoms with Gasteiger partial charge in [-0.15, -0.1) is 0 Å². The SMILES string of the molecule is c1ccc2c(c1)-c1cccc3ccc4c(c13)c1c-2cccc1n4-c1ccc(-c2ccc(-n3c4ccccc4c4ccccc43)cc2)cc1. The number of benzene rings is 8. The highest BCUT2D eigenvalue weighted by Gasteiger charge is 2.24. The predicted octanol–water partition coefficient (Wildman–Crippen LogP) is 12.3. The van der Waals surface area contributed by atoms with Crippen molar-refractivity contribution < 1.29 is 0 Å². The summed E-state index contributed by atoms with van der Waals surface area (Å²) in [6.45, 7) is 0. The Morgan fingerprint density at radius 3 is 1.35 bits per heavy atom. The topological polar surface area (TPSA) is 9.86 Å². The number of nitrogens with zero attached hydrogens (tertiary/aromatic N) is 2. The molecule has 1 aliphatic carbocycles. The lowest BCUT2D eigenvalue weighted by molar-refractivity contribution is 1.18. The predicted molar refractivity (Wildman–Crippen MR) is 202 cm³/mol. The van der Waals surface area contributed by atoms with Crippen LogP contribution in [0, 0.1) is 0 Å². The highest BCUT2D eigenvalue weighted by atomic mass is 15.0. The summed E-state index contributed by atoms with van der Waals surface area (Å²) in [5.41, 5.74) is 14.9. The second kappa shape index (κ2) is 9.57. The summed E-state index contributed by atoms with van der Waals surface area (Å²) in [7, 11) is 0. The number of fused-ring (bicyclic) bond motifs is 6. The van der Waals surface area contributed by atoms with Gasteiger partial charge in [-0.2, -0.15) is 0 Å². The molecule has 0 N–H and O–H groups in total. The van der Waals surface area contributed by atoms with E-state index in [4.69, 9.17) is 0 Å². The van der Waals surface area contributed by atoms with Crippen LogP contribution in [0.5, 0.6) is 0 Å². The van der Waals surface area contributed by atoms with Gasteiger partial charge in [0, 0.05) is 32.9 Å². The fourth-order valence-corrected chi connectivity index (χ4v) is 8.41. The van der Waals surface area contributed by atoms with Gasteiger partial charge >= 0.3 is 0 Å². The Balaban J connectivity index is 1.05. The first-order valence-corrected chi connectivity index (χ1v) is 16.6. The highest BCUT2D eigenvalue weighted by molar-refractivity contribution is 6.30. The van der Waals surface area contributed by atoms with Crippen LogP contribution in [0.4, 0.5) is 0 Å². The number of para-hydroxylation sites is 2. The molecule has 0 radical (unpaired) electrons. The first-order valence-electron chi connectivity index (χ1n) is 16.6. The van der Waals surface area contributed by atoms with E-state index in [1.165, 1.54) is 99.1 Å². The average molecular weight is 609 g/mol. The molecule has 222 valence electrons. The summed E-state index contributed by atoms with van der Waals surface area (Å²) in [5.74, 6) is 0. The Labute approximate surface area is 277 Å². The van der Waals surface area contributed by atoms with Crippen molar-refractivity contribution in [2.75, 3.05) is 0 Å². The molecule has 2 aromatic heterocycles. The minimum absolute atomic E-state index is 1.17. The number of aromatic nitrogens is 2. The van der Waals surface area contributed by atoms with E-state index >= 15 is 0 Å². The Morgan fingerprint density at radius 1 is 0.271 bits per heavy atom. The molecule has 0 fully saturated rings. The van der Waals surface area contributed by atoms with Crippen LogP contribution in [0.15, 0.2) is 170 Å². The quantitative estimate of drug-likeness (QED) is 0.189. The minimum atomic E-state index is 1.17. The van der Waals surface area contributed by atoms with Crippen molar-refractivity contribution in [3.63, 3.8) is 0 Å². The largest absolute Gasteiger partial charge is 0.309 e. The Morgan fingerprint density at radius 2 is 0.729 bits per heavy atom. The summed E-state index contributed by atoms with van der Waals surface area (Å²) in [4.78, 5) is 0. The Kier molecular flexibility index (Phi) is 5.14. The van der Waals surface area contributed by atoms with Crippen LogP contribution in [0.25, 0.3) is 99.1 Å². The molecule has 0 aliphatic heterocycles. The molecule has 0 amide bonds. The van der Waals surface area contributed by atoms with Gasteiger partial charge < -0.3 is 9.13 Å². The van der Waals surface area contributed by atoms with Crippen molar-refractivity contribution in [2.45, 2.75) is 0 Å². The van der Waals surface area contributed by atoms with Gasteiger partial charge in [-0.25, -0.2) is 0 Å². The van der Waals surface area contributed by atoms with Gasteiger partial charge in [0.15, 0.2) is 0 Å². The van der Waals surface area contributed by atoms with E-state index in [2.05, 4.69) is 179 Å². The first-order chi connectivity index (χ1) is 23.8. The Hall–Kier alpha value is -6.38. The van der Waals surface area contributed by atoms with E-state index in [1.807, 2.05) is 0 Å². The summed E-state index contributed by atoms with van der Waals surface area (Å²) in [6, 6.07) is 62.4. The third kappa shape index (κ3) is 3.41. The normalized spacial score (nSPS) is 12.2. The van der Waals surface area contributed by atoms with E-state index in [9.17, 15) is 0 Å². The molecule has 8 aromatic carbocycles. The molecule has 11 rings (SSSR count). The molecule has 2 nitrogen and oxygen atoms in total. The fraction of sp³-hybridized carbons (Fsp3) is 0. The van der Waals surface area contributed by atoms with Crippen molar-refractivity contribution in [1.82, 2.24) is 9.13 Å². The fourth-order valence-electron chi connectivity index (χ4n) is 8.41. The van der Waals surface area contributed by atoms with Gasteiger partial charge in [0.05, 0.1) is 22.1 Å². The number of hydrogen-bond acceptors (Lipinski definition) is 0. The average Bonchev–Trinajstić information content (AvgIpc) is 3.64. The van der Waals surface area contributed by atoms with Crippen molar-refractivity contribution in [3.8, 4) is 44.8 Å². The van der Waals surface area contributed by atoms with E-state index in [0.717, 1.165) is 0 Å². The third-order valence-electron chi connectivity index (χ3n) is 10.5. The van der Waals surface area contributed by atoms with Gasteiger partial charge in [0.25, 0.3) is 0 Å². The van der Waals surface area contributed by atoms with Gasteiger partial charge in [0.1, 0.15) is 0 Å². The molecule has 0 unspecified atom stereocenters. The third-order valence-corrected chi connectivity index (χ3v) is 10.5. The molecular formula is C46H28N2.